The van der Waals surface area contributed by atoms with Gasteiger partial charge in [0.1, 0.15) is 11.5 Å². The zero-order valence-electron chi connectivity index (χ0n) is 17.7. The molecule has 0 bridgehead atoms. The smallest absolute Gasteiger partial charge is 0.274 e. The van der Waals surface area contributed by atoms with Crippen LogP contribution in [0.25, 0.3) is 22.1 Å². The van der Waals surface area contributed by atoms with Crippen molar-refractivity contribution in [2.24, 2.45) is 0 Å². The van der Waals surface area contributed by atoms with Crippen LogP contribution in [0.15, 0.2) is 77.6 Å². The lowest BCUT2D eigenvalue weighted by molar-refractivity contribution is 0.247. The van der Waals surface area contributed by atoms with Gasteiger partial charge in [-0.1, -0.05) is 59.4 Å². The minimum absolute atomic E-state index is 0.0556. The molecule has 2 aromatic heterocycles. The summed E-state index contributed by atoms with van der Waals surface area (Å²) in [7, 11) is 0. The van der Waals surface area contributed by atoms with Gasteiger partial charge in [-0.2, -0.15) is 0 Å². The van der Waals surface area contributed by atoms with Crippen molar-refractivity contribution in [3.8, 4) is 11.5 Å². The zero-order chi connectivity index (χ0) is 21.9. The molecule has 0 amide bonds. The summed E-state index contributed by atoms with van der Waals surface area (Å²) in [6, 6.07) is 23.5. The Morgan fingerprint density at radius 2 is 1.69 bits per heavy atom. The van der Waals surface area contributed by atoms with Crippen LogP contribution in [0.1, 0.15) is 17.5 Å². The molecule has 0 N–H and O–H groups in total. The molecule has 0 aliphatic heterocycles. The van der Waals surface area contributed by atoms with Crippen LogP contribution in [0.2, 0.25) is 0 Å². The van der Waals surface area contributed by atoms with Crippen molar-refractivity contribution in [1.82, 2.24) is 9.38 Å². The Hall–Kier alpha value is -3.64. The van der Waals surface area contributed by atoms with Crippen molar-refractivity contribution < 1.29 is 9.47 Å². The Morgan fingerprint density at radius 3 is 2.56 bits per heavy atom. The Bertz CT molecular complexity index is 1490. The summed E-state index contributed by atoms with van der Waals surface area (Å²) in [6.45, 7) is 3.16. The van der Waals surface area contributed by atoms with Gasteiger partial charge in [-0.25, -0.2) is 9.38 Å². The number of hydrogen-bond acceptors (Lipinski definition) is 5. The van der Waals surface area contributed by atoms with Crippen LogP contribution in [0.5, 0.6) is 11.5 Å². The maximum Gasteiger partial charge on any atom is 0.274 e. The molecule has 5 nitrogen and oxygen atoms in total. The number of nitrogens with zero attached hydrogens (tertiary/aromatic N) is 2. The molecule has 3 aromatic carbocycles. The summed E-state index contributed by atoms with van der Waals surface area (Å²) in [5.74, 6) is 1.61. The normalized spacial score (nSPS) is 12.0. The average molecular weight is 443 g/mol. The molecule has 0 aliphatic rings. The quantitative estimate of drug-likeness (QED) is 0.345. The lowest BCUT2D eigenvalue weighted by Crippen LogP contribution is -2.22. The molecule has 32 heavy (non-hydrogen) atoms. The molecule has 0 atom stereocenters. The molecule has 160 valence electrons. The fourth-order valence-corrected chi connectivity index (χ4v) is 4.53. The highest BCUT2D eigenvalue weighted by Gasteiger charge is 2.11. The molecule has 0 fully saturated rings. The van der Waals surface area contributed by atoms with E-state index in [4.69, 9.17) is 9.47 Å². The molecular weight excluding hydrogens is 420 g/mol. The molecule has 0 aliphatic carbocycles. The van der Waals surface area contributed by atoms with Crippen LogP contribution < -0.4 is 19.6 Å². The largest absolute Gasteiger partial charge is 0.493 e. The summed E-state index contributed by atoms with van der Waals surface area (Å²) < 4.78 is 14.1. The van der Waals surface area contributed by atoms with Crippen molar-refractivity contribution in [2.75, 3.05) is 13.2 Å². The summed E-state index contributed by atoms with van der Waals surface area (Å²) in [4.78, 5) is 18.3. The van der Waals surface area contributed by atoms with Gasteiger partial charge in [0, 0.05) is 12.0 Å². The first kappa shape index (κ1) is 20.3. The van der Waals surface area contributed by atoms with E-state index in [0.29, 0.717) is 22.7 Å². The third-order valence-corrected chi connectivity index (χ3v) is 6.16. The predicted octanol–water partition coefficient (Wildman–Crippen LogP) is 4.61. The van der Waals surface area contributed by atoms with E-state index in [1.54, 1.807) is 4.40 Å². The molecule has 2 heterocycles. The monoisotopic (exact) mass is 442 g/mol. The number of para-hydroxylation sites is 3. The van der Waals surface area contributed by atoms with Gasteiger partial charge < -0.3 is 9.47 Å². The molecule has 0 radical (unpaired) electrons. The number of hydrogen-bond donors (Lipinski definition) is 0. The number of rotatable bonds is 7. The van der Waals surface area contributed by atoms with Crippen molar-refractivity contribution >= 4 is 33.4 Å². The van der Waals surface area contributed by atoms with Crippen LogP contribution in [0.3, 0.4) is 0 Å². The second kappa shape index (κ2) is 8.85. The highest BCUT2D eigenvalue weighted by atomic mass is 32.1. The van der Waals surface area contributed by atoms with Crippen molar-refractivity contribution in [3.63, 3.8) is 0 Å². The van der Waals surface area contributed by atoms with Crippen LogP contribution in [0, 0.1) is 6.92 Å². The maximum absolute atomic E-state index is 13.0. The lowest BCUT2D eigenvalue weighted by atomic mass is 10.2. The molecule has 0 spiro atoms. The molecule has 6 heteroatoms. The van der Waals surface area contributed by atoms with Crippen molar-refractivity contribution in [1.29, 1.82) is 0 Å². The zero-order valence-corrected chi connectivity index (χ0v) is 18.5. The summed E-state index contributed by atoms with van der Waals surface area (Å²) in [6.07, 6.45) is 2.64. The number of benzene rings is 3. The first-order chi connectivity index (χ1) is 15.7. The van der Waals surface area contributed by atoms with Gasteiger partial charge in [0.2, 0.25) is 0 Å². The summed E-state index contributed by atoms with van der Waals surface area (Å²) >= 11 is 1.39. The number of fused-ring (bicyclic) bond motifs is 3. The number of aryl methyl sites for hydroxylation is 1. The van der Waals surface area contributed by atoms with Gasteiger partial charge in [-0.05, 0) is 43.3 Å². The average Bonchev–Trinajstić information content (AvgIpc) is 3.32. The maximum atomic E-state index is 13.0. The Labute approximate surface area is 189 Å². The minimum atomic E-state index is -0.0556. The van der Waals surface area contributed by atoms with Crippen LogP contribution in [-0.2, 0) is 0 Å². The van der Waals surface area contributed by atoms with E-state index in [1.165, 1.54) is 16.9 Å². The van der Waals surface area contributed by atoms with E-state index in [2.05, 4.69) is 11.9 Å². The molecule has 0 saturated carbocycles. The molecule has 0 saturated heterocycles. The van der Waals surface area contributed by atoms with Crippen molar-refractivity contribution in [3.05, 3.63) is 98.8 Å². The second-order valence-electron chi connectivity index (χ2n) is 7.54. The van der Waals surface area contributed by atoms with E-state index in [1.807, 2.05) is 78.9 Å². The van der Waals surface area contributed by atoms with Gasteiger partial charge in [0.15, 0.2) is 4.96 Å². The highest BCUT2D eigenvalue weighted by Crippen LogP contribution is 2.20. The molecule has 0 unspecified atom stereocenters. The SMILES string of the molecule is Cc1ccc(OCCCOc2ccccc2/C=c2\sc3nc4ccccc4n3c2=O)cc1. The highest BCUT2D eigenvalue weighted by molar-refractivity contribution is 7.15. The van der Waals surface area contributed by atoms with Gasteiger partial charge in [0.05, 0.1) is 28.8 Å². The third-order valence-electron chi connectivity index (χ3n) is 5.19. The summed E-state index contributed by atoms with van der Waals surface area (Å²) in [5, 5.41) is 0. The van der Waals surface area contributed by atoms with E-state index in [9.17, 15) is 4.79 Å². The van der Waals surface area contributed by atoms with E-state index in [0.717, 1.165) is 34.5 Å². The minimum Gasteiger partial charge on any atom is -0.493 e. The molecule has 5 rings (SSSR count). The number of imidazole rings is 1. The Balaban J connectivity index is 1.31. The molecule has 5 aromatic rings. The number of ether oxygens (including phenoxy) is 2. The van der Waals surface area contributed by atoms with Crippen molar-refractivity contribution in [2.45, 2.75) is 13.3 Å². The van der Waals surface area contributed by atoms with Crippen LogP contribution in [-0.4, -0.2) is 22.6 Å². The van der Waals surface area contributed by atoms with Gasteiger partial charge >= 0.3 is 0 Å². The first-order valence-electron chi connectivity index (χ1n) is 10.5. The van der Waals surface area contributed by atoms with Gasteiger partial charge in [-0.3, -0.25) is 4.79 Å². The summed E-state index contributed by atoms with van der Waals surface area (Å²) in [5.41, 5.74) is 3.69. The fourth-order valence-electron chi connectivity index (χ4n) is 3.55. The van der Waals surface area contributed by atoms with E-state index in [-0.39, 0.29) is 5.56 Å². The van der Waals surface area contributed by atoms with Crippen LogP contribution in [0.4, 0.5) is 0 Å². The van der Waals surface area contributed by atoms with Gasteiger partial charge in [0.25, 0.3) is 5.56 Å². The number of thiazole rings is 1. The van der Waals surface area contributed by atoms with E-state index < -0.39 is 0 Å². The topological polar surface area (TPSA) is 52.8 Å². The Morgan fingerprint density at radius 1 is 0.938 bits per heavy atom. The van der Waals surface area contributed by atoms with Gasteiger partial charge in [-0.15, -0.1) is 0 Å². The van der Waals surface area contributed by atoms with Crippen LogP contribution >= 0.6 is 11.3 Å². The number of aromatic nitrogens is 2. The molecular formula is C26H22N2O3S. The van der Waals surface area contributed by atoms with E-state index >= 15 is 0 Å². The third kappa shape index (κ3) is 4.09. The lowest BCUT2D eigenvalue weighted by Gasteiger charge is -2.10. The Kier molecular flexibility index (Phi) is 5.60. The standard InChI is InChI=1S/C26H22N2O3S/c1-18-11-13-20(14-12-18)30-15-6-16-31-23-10-5-2-7-19(23)17-24-25(29)28-22-9-4-3-8-21(22)27-26(28)32-24/h2-5,7-14,17H,6,15-16H2,1H3/b24-17-. The fraction of sp³-hybridized carbons (Fsp3) is 0.154. The first-order valence-corrected chi connectivity index (χ1v) is 11.3. The second-order valence-corrected chi connectivity index (χ2v) is 8.54. The predicted molar refractivity (Wildman–Crippen MR) is 129 cm³/mol.